The van der Waals surface area contributed by atoms with E-state index in [4.69, 9.17) is 28.4 Å². The molecule has 17 unspecified atom stereocenters. The molecule has 3 aliphatic rings. The minimum atomic E-state index is -1.99. The van der Waals surface area contributed by atoms with Crippen molar-refractivity contribution in [2.24, 2.45) is 0 Å². The lowest BCUT2D eigenvalue weighted by Gasteiger charge is -2.48. The maximum atomic E-state index is 13.5. The highest BCUT2D eigenvalue weighted by Crippen LogP contribution is 2.33. The van der Waals surface area contributed by atoms with Crippen LogP contribution in [0.25, 0.3) is 0 Å². The second-order valence-electron chi connectivity index (χ2n) is 30.6. The Kier molecular flexibility index (Phi) is 64.9. The molecule has 0 aromatic rings. The van der Waals surface area contributed by atoms with Gasteiger partial charge in [-0.3, -0.25) is 4.79 Å². The van der Waals surface area contributed by atoms with Crippen molar-refractivity contribution in [2.75, 3.05) is 26.4 Å². The van der Waals surface area contributed by atoms with E-state index in [0.717, 1.165) is 135 Å². The molecular weight excluding hydrogens is 1430 g/mol. The molecule has 113 heavy (non-hydrogen) atoms. The molecule has 3 heterocycles. The molecule has 0 aliphatic carbocycles. The highest BCUT2D eigenvalue weighted by molar-refractivity contribution is 5.76. The van der Waals surface area contributed by atoms with Crippen molar-refractivity contribution in [1.29, 1.82) is 0 Å². The van der Waals surface area contributed by atoms with Crippen LogP contribution in [0.4, 0.5) is 0 Å². The topological polar surface area (TPSA) is 307 Å². The first-order valence-electron chi connectivity index (χ1n) is 44.2. The van der Waals surface area contributed by atoms with Crippen molar-refractivity contribution in [2.45, 2.75) is 401 Å². The van der Waals surface area contributed by atoms with Crippen LogP contribution in [-0.2, 0) is 33.2 Å². The molecule has 0 spiro atoms. The first-order valence-corrected chi connectivity index (χ1v) is 44.2. The molecule has 0 radical (unpaired) electrons. The van der Waals surface area contributed by atoms with Crippen LogP contribution >= 0.6 is 0 Å². The van der Waals surface area contributed by atoms with Crippen LogP contribution in [0.1, 0.15) is 296 Å². The average Bonchev–Trinajstić information content (AvgIpc) is 0.780. The van der Waals surface area contributed by atoms with Gasteiger partial charge in [-0.15, -0.1) is 0 Å². The zero-order chi connectivity index (χ0) is 81.7. The van der Waals surface area contributed by atoms with Crippen molar-refractivity contribution >= 4 is 5.91 Å². The Morgan fingerprint density at radius 2 is 0.619 bits per heavy atom. The normalized spacial score (nSPS) is 25.6. The lowest BCUT2D eigenvalue weighted by Crippen LogP contribution is -2.66. The van der Waals surface area contributed by atoms with Gasteiger partial charge in [0.25, 0.3) is 0 Å². The highest BCUT2D eigenvalue weighted by Gasteiger charge is 2.54. The predicted octanol–water partition coefficient (Wildman–Crippen LogP) is 16.7. The van der Waals surface area contributed by atoms with Gasteiger partial charge in [0.05, 0.1) is 38.6 Å². The largest absolute Gasteiger partial charge is 0.394 e. The fraction of sp³-hybridized carbons (Fsp3) is 0.713. The zero-order valence-electron chi connectivity index (χ0n) is 69.5. The molecule has 17 atom stereocenters. The van der Waals surface area contributed by atoms with E-state index in [1.807, 2.05) is 6.08 Å². The molecule has 3 saturated heterocycles. The first-order chi connectivity index (χ1) is 55.3. The minimum absolute atomic E-state index is 0.212. The van der Waals surface area contributed by atoms with Gasteiger partial charge in [0.15, 0.2) is 18.9 Å². The third-order valence-corrected chi connectivity index (χ3v) is 20.8. The first kappa shape index (κ1) is 103. The molecule has 3 fully saturated rings. The number of aliphatic hydroxyl groups excluding tert-OH is 11. The van der Waals surface area contributed by atoms with Crippen LogP contribution in [0.5, 0.6) is 0 Å². The Bertz CT molecular complexity index is 2660. The van der Waals surface area contributed by atoms with Crippen molar-refractivity contribution in [3.63, 3.8) is 0 Å². The van der Waals surface area contributed by atoms with Crippen LogP contribution in [0.2, 0.25) is 0 Å². The Hall–Kier alpha value is -4.59. The van der Waals surface area contributed by atoms with Crippen LogP contribution in [0.3, 0.4) is 0 Å². The van der Waals surface area contributed by atoms with Gasteiger partial charge in [0.1, 0.15) is 73.2 Å². The molecule has 0 bridgehead atoms. The Balaban J connectivity index is 1.36. The zero-order valence-corrected chi connectivity index (χ0v) is 69.5. The number of hydrogen-bond acceptors (Lipinski definition) is 18. The van der Waals surface area contributed by atoms with Crippen molar-refractivity contribution < 1.29 is 89.4 Å². The quantitative estimate of drug-likeness (QED) is 0.0199. The number of nitrogens with one attached hydrogen (secondary N) is 1. The molecule has 1 amide bonds. The number of allylic oxidation sites excluding steroid dienone is 25. The van der Waals surface area contributed by atoms with Crippen molar-refractivity contribution in [1.82, 2.24) is 5.32 Å². The summed E-state index contributed by atoms with van der Waals surface area (Å²) in [5.74, 6) is -0.302. The monoisotopic (exact) mass is 1590 g/mol. The van der Waals surface area contributed by atoms with E-state index in [0.29, 0.717) is 12.8 Å². The predicted molar refractivity (Wildman–Crippen MR) is 456 cm³/mol. The third-order valence-electron chi connectivity index (χ3n) is 20.8. The van der Waals surface area contributed by atoms with Crippen LogP contribution in [0, 0.1) is 0 Å². The van der Waals surface area contributed by atoms with E-state index in [1.54, 1.807) is 6.08 Å². The number of unbranched alkanes of at least 4 members (excludes halogenated alkanes) is 29. The highest BCUT2D eigenvalue weighted by atomic mass is 16.8. The standard InChI is InChI=1S/C94H157NO18/c1-3-5-7-9-11-13-15-17-19-21-23-25-27-29-31-33-34-35-36-37-38-39-40-41-42-44-46-48-50-52-54-56-58-60-62-64-66-68-70-72-82(100)95-77(78(99)71-69-67-65-63-61-59-57-55-53-51-49-47-45-43-32-30-28-26-24-22-20-18-16-14-12-10-8-6-4-2)76-108-92-88(106)85(103)90(80(74-97)110-92)113-94-89(107)86(104)91(81(75-98)111-94)112-93-87(105)84(102)83(101)79(73-96)109-93/h5,7,11,13,17,19,23,25,29,31,34-35,37-38,40-41,44,46,50,52-53,55,61,63,69,71,77-81,83-94,96-99,101-107H,3-4,6,8-10,12,14-16,18,20-22,24,26-28,30,32-33,36,39,42-43,45,47-49,51,54,56-60,62,64-68,70,72-76H2,1-2H3,(H,95,100)/b7-5-,13-11-,19-17-,25-23-,31-29-,35-34-,38-37-,41-40-,46-44-,52-50-,55-53+,63-61+,71-69+. The summed E-state index contributed by atoms with van der Waals surface area (Å²) in [6.07, 6.45) is 79.5. The number of ether oxygens (including phenoxy) is 6. The van der Waals surface area contributed by atoms with Crippen molar-refractivity contribution in [3.05, 3.63) is 158 Å². The lowest BCUT2D eigenvalue weighted by molar-refractivity contribution is -0.379. The molecular formula is C94H157NO18. The summed E-state index contributed by atoms with van der Waals surface area (Å²) in [7, 11) is 0. The van der Waals surface area contributed by atoms with Gasteiger partial charge in [0.2, 0.25) is 5.91 Å². The fourth-order valence-corrected chi connectivity index (χ4v) is 13.8. The van der Waals surface area contributed by atoms with E-state index in [-0.39, 0.29) is 18.9 Å². The SMILES string of the molecule is CC/C=C\C/C=C\C/C=C\C/C=C\C/C=C\C/C=C\C/C=C\C/C=C\C/C=C\C/C=C\CCCCCCCCCCC(=O)NC(COC1OC(CO)C(OC2OC(CO)C(OC3OC(CO)C(O)C(O)C3O)C(O)C2O)C(O)C1O)C(O)/C=C/CC/C=C/CC/C=C/CCCCCCCCCCCCCCCCCCCCC. The van der Waals surface area contributed by atoms with E-state index >= 15 is 0 Å². The number of carbonyl (C=O) groups excluding carboxylic acids is 1. The second kappa shape index (κ2) is 71.5. The van der Waals surface area contributed by atoms with Gasteiger partial charge in [0, 0.05) is 6.42 Å². The molecule has 0 aromatic carbocycles. The fourth-order valence-electron chi connectivity index (χ4n) is 13.8. The summed E-state index contributed by atoms with van der Waals surface area (Å²) < 4.78 is 34.5. The van der Waals surface area contributed by atoms with Gasteiger partial charge in [-0.25, -0.2) is 0 Å². The Labute approximate surface area is 682 Å². The number of hydrogen-bond donors (Lipinski definition) is 12. The molecule has 646 valence electrons. The minimum Gasteiger partial charge on any atom is -0.394 e. The maximum absolute atomic E-state index is 13.5. The number of carbonyl (C=O) groups is 1. The molecule has 19 nitrogen and oxygen atoms in total. The maximum Gasteiger partial charge on any atom is 0.220 e. The van der Waals surface area contributed by atoms with E-state index in [9.17, 15) is 61.0 Å². The number of amides is 1. The van der Waals surface area contributed by atoms with Crippen LogP contribution in [-0.4, -0.2) is 193 Å². The molecule has 12 N–H and O–H groups in total. The summed E-state index contributed by atoms with van der Waals surface area (Å²) in [5.41, 5.74) is 0. The van der Waals surface area contributed by atoms with Gasteiger partial charge in [-0.2, -0.15) is 0 Å². The van der Waals surface area contributed by atoms with E-state index < -0.39 is 124 Å². The Morgan fingerprint density at radius 1 is 0.327 bits per heavy atom. The third kappa shape index (κ3) is 50.1. The number of rotatable bonds is 69. The summed E-state index contributed by atoms with van der Waals surface area (Å²) >= 11 is 0. The summed E-state index contributed by atoms with van der Waals surface area (Å²) in [5, 5.41) is 121. The van der Waals surface area contributed by atoms with Gasteiger partial charge >= 0.3 is 0 Å². The van der Waals surface area contributed by atoms with E-state index in [2.05, 4.69) is 165 Å². The van der Waals surface area contributed by atoms with Gasteiger partial charge in [-0.05, 0) is 122 Å². The van der Waals surface area contributed by atoms with Crippen molar-refractivity contribution in [3.8, 4) is 0 Å². The Morgan fingerprint density at radius 3 is 0.991 bits per heavy atom. The molecule has 3 rings (SSSR count). The van der Waals surface area contributed by atoms with E-state index in [1.165, 1.54) is 128 Å². The lowest BCUT2D eigenvalue weighted by atomic mass is 9.96. The van der Waals surface area contributed by atoms with Gasteiger partial charge < -0.3 is 89.9 Å². The average molecular weight is 1590 g/mol. The summed E-state index contributed by atoms with van der Waals surface area (Å²) in [4.78, 5) is 13.5. The van der Waals surface area contributed by atoms with Crippen LogP contribution < -0.4 is 5.32 Å². The van der Waals surface area contributed by atoms with Crippen LogP contribution in [0.15, 0.2) is 158 Å². The second-order valence-corrected chi connectivity index (χ2v) is 30.6. The summed E-state index contributed by atoms with van der Waals surface area (Å²) in [6, 6.07) is -1.02. The summed E-state index contributed by atoms with van der Waals surface area (Å²) in [6.45, 7) is 1.60. The number of aliphatic hydroxyl groups is 11. The molecule has 3 aliphatic heterocycles. The molecule has 0 saturated carbocycles. The smallest absolute Gasteiger partial charge is 0.220 e. The van der Waals surface area contributed by atoms with Gasteiger partial charge in [-0.1, -0.05) is 326 Å². The molecule has 0 aromatic heterocycles. The molecule has 19 heteroatoms.